The van der Waals surface area contributed by atoms with Crippen LogP contribution in [0.25, 0.3) is 11.1 Å². The summed E-state index contributed by atoms with van der Waals surface area (Å²) in [5, 5.41) is 12.2. The highest BCUT2D eigenvalue weighted by atomic mass is 16.5. The molecule has 2 aromatic rings. The fourth-order valence-corrected chi connectivity index (χ4v) is 4.98. The number of carboxylic acids is 1. The van der Waals surface area contributed by atoms with E-state index in [9.17, 15) is 19.5 Å². The summed E-state index contributed by atoms with van der Waals surface area (Å²) in [6, 6.07) is 16.4. The SMILES string of the molecule is CCC(CNC(=O)OCC1c2ccccc2-c2ccccc21)CC(=O)N1CC(CC)(C(=O)O)C1. The maximum Gasteiger partial charge on any atom is 0.407 e. The predicted molar refractivity (Wildman–Crippen MR) is 128 cm³/mol. The molecule has 0 aromatic heterocycles. The molecule has 1 fully saturated rings. The molecular weight excluding hydrogens is 432 g/mol. The molecule has 180 valence electrons. The summed E-state index contributed by atoms with van der Waals surface area (Å²) < 4.78 is 5.58. The Labute approximate surface area is 200 Å². The summed E-state index contributed by atoms with van der Waals surface area (Å²) in [6.45, 7) is 4.91. The second kappa shape index (κ2) is 9.87. The molecule has 2 aliphatic rings. The first-order valence-corrected chi connectivity index (χ1v) is 12.0. The van der Waals surface area contributed by atoms with Gasteiger partial charge in [-0.05, 0) is 34.6 Å². The number of alkyl carbamates (subject to hydrolysis) is 1. The lowest BCUT2D eigenvalue weighted by atomic mass is 9.77. The Morgan fingerprint density at radius 1 is 1.06 bits per heavy atom. The van der Waals surface area contributed by atoms with Crippen molar-refractivity contribution in [2.75, 3.05) is 26.2 Å². The number of amides is 2. The number of hydrogen-bond donors (Lipinski definition) is 2. The maximum absolute atomic E-state index is 12.6. The lowest BCUT2D eigenvalue weighted by Gasteiger charge is -2.47. The third-order valence-electron chi connectivity index (χ3n) is 7.39. The third kappa shape index (κ3) is 4.52. The van der Waals surface area contributed by atoms with Crippen LogP contribution in [0.2, 0.25) is 0 Å². The summed E-state index contributed by atoms with van der Waals surface area (Å²) >= 11 is 0. The van der Waals surface area contributed by atoms with E-state index in [2.05, 4.69) is 29.6 Å². The number of hydrogen-bond acceptors (Lipinski definition) is 4. The number of nitrogens with zero attached hydrogens (tertiary/aromatic N) is 1. The zero-order valence-electron chi connectivity index (χ0n) is 19.8. The number of ether oxygens (including phenoxy) is 1. The van der Waals surface area contributed by atoms with E-state index in [1.165, 1.54) is 11.1 Å². The molecule has 0 bridgehead atoms. The molecule has 0 saturated carbocycles. The molecule has 1 aliphatic carbocycles. The minimum absolute atomic E-state index is 0.00110. The number of aliphatic carboxylic acids is 1. The molecule has 2 N–H and O–H groups in total. The molecule has 7 nitrogen and oxygen atoms in total. The van der Waals surface area contributed by atoms with Gasteiger partial charge in [0.25, 0.3) is 0 Å². The van der Waals surface area contributed by atoms with Gasteiger partial charge in [0.15, 0.2) is 0 Å². The monoisotopic (exact) mass is 464 g/mol. The Bertz CT molecular complexity index is 1030. The molecule has 2 amide bonds. The van der Waals surface area contributed by atoms with E-state index >= 15 is 0 Å². The normalized spacial score (nSPS) is 16.7. The van der Waals surface area contributed by atoms with E-state index in [4.69, 9.17) is 4.74 Å². The van der Waals surface area contributed by atoms with Gasteiger partial charge in [0, 0.05) is 32.0 Å². The first kappa shape index (κ1) is 23.8. The highest BCUT2D eigenvalue weighted by Crippen LogP contribution is 2.44. The van der Waals surface area contributed by atoms with Gasteiger partial charge >= 0.3 is 12.1 Å². The largest absolute Gasteiger partial charge is 0.481 e. The lowest BCUT2D eigenvalue weighted by Crippen LogP contribution is -2.62. The zero-order valence-corrected chi connectivity index (χ0v) is 19.8. The van der Waals surface area contributed by atoms with Crippen LogP contribution >= 0.6 is 0 Å². The highest BCUT2D eigenvalue weighted by molar-refractivity contribution is 5.83. The summed E-state index contributed by atoms with van der Waals surface area (Å²) in [6.07, 6.45) is 1.01. The van der Waals surface area contributed by atoms with Gasteiger partial charge in [-0.3, -0.25) is 9.59 Å². The van der Waals surface area contributed by atoms with Crippen molar-refractivity contribution in [3.8, 4) is 11.1 Å². The minimum atomic E-state index is -0.844. The number of nitrogens with one attached hydrogen (secondary N) is 1. The standard InChI is InChI=1S/C27H32N2O5/c1-3-18(13-24(30)29-16-27(4-2,17-29)25(31)32)14-28-26(33)34-15-23-21-11-7-5-9-19(21)20-10-6-8-12-22(20)23/h5-12,18,23H,3-4,13-17H2,1-2H3,(H,28,33)(H,31,32). The quantitative estimate of drug-likeness (QED) is 0.578. The Morgan fingerprint density at radius 2 is 1.65 bits per heavy atom. The van der Waals surface area contributed by atoms with Crippen LogP contribution in [0.15, 0.2) is 48.5 Å². The third-order valence-corrected chi connectivity index (χ3v) is 7.39. The molecule has 1 unspecified atom stereocenters. The smallest absolute Gasteiger partial charge is 0.407 e. The van der Waals surface area contributed by atoms with Crippen LogP contribution in [-0.4, -0.2) is 54.2 Å². The first-order valence-electron chi connectivity index (χ1n) is 12.0. The number of likely N-dealkylation sites (tertiary alicyclic amines) is 1. The number of rotatable bonds is 9. The van der Waals surface area contributed by atoms with Gasteiger partial charge in [0.05, 0.1) is 0 Å². The minimum Gasteiger partial charge on any atom is -0.481 e. The number of carbonyl (C=O) groups is 3. The van der Waals surface area contributed by atoms with Crippen molar-refractivity contribution < 1.29 is 24.2 Å². The summed E-state index contributed by atoms with van der Waals surface area (Å²) in [5.74, 6) is -0.940. The summed E-state index contributed by atoms with van der Waals surface area (Å²) in [5.41, 5.74) is 3.87. The van der Waals surface area contributed by atoms with Crippen molar-refractivity contribution in [2.45, 2.75) is 39.0 Å². The van der Waals surface area contributed by atoms with Crippen LogP contribution in [0.3, 0.4) is 0 Å². The van der Waals surface area contributed by atoms with Gasteiger partial charge in [-0.1, -0.05) is 68.8 Å². The molecule has 1 saturated heterocycles. The fourth-order valence-electron chi connectivity index (χ4n) is 4.98. The number of fused-ring (bicyclic) bond motifs is 3. The summed E-state index contributed by atoms with van der Waals surface area (Å²) in [7, 11) is 0. The van der Waals surface area contributed by atoms with Crippen molar-refractivity contribution in [2.24, 2.45) is 11.3 Å². The fraction of sp³-hybridized carbons (Fsp3) is 0.444. The Balaban J connectivity index is 1.26. The molecular formula is C27H32N2O5. The average Bonchev–Trinajstić information content (AvgIpc) is 3.13. The van der Waals surface area contributed by atoms with Gasteiger partial charge in [0.1, 0.15) is 12.0 Å². The van der Waals surface area contributed by atoms with E-state index in [-0.39, 0.29) is 43.9 Å². The van der Waals surface area contributed by atoms with E-state index in [0.717, 1.165) is 17.5 Å². The number of benzene rings is 2. The topological polar surface area (TPSA) is 95.9 Å². The number of carboxylic acid groups (broad SMARTS) is 1. The van der Waals surface area contributed by atoms with Gasteiger partial charge in [0.2, 0.25) is 5.91 Å². The van der Waals surface area contributed by atoms with Crippen LogP contribution < -0.4 is 5.32 Å². The van der Waals surface area contributed by atoms with Crippen molar-refractivity contribution in [1.82, 2.24) is 10.2 Å². The van der Waals surface area contributed by atoms with Gasteiger partial charge in [-0.15, -0.1) is 0 Å². The second-order valence-electron chi connectivity index (χ2n) is 9.37. The molecule has 34 heavy (non-hydrogen) atoms. The predicted octanol–water partition coefficient (Wildman–Crippen LogP) is 4.26. The average molecular weight is 465 g/mol. The van der Waals surface area contributed by atoms with E-state index in [1.807, 2.05) is 38.1 Å². The van der Waals surface area contributed by atoms with Crippen molar-refractivity contribution in [3.63, 3.8) is 0 Å². The van der Waals surface area contributed by atoms with Crippen LogP contribution in [-0.2, 0) is 14.3 Å². The molecule has 0 spiro atoms. The molecule has 1 atom stereocenters. The van der Waals surface area contributed by atoms with Crippen LogP contribution in [0.1, 0.15) is 50.2 Å². The Morgan fingerprint density at radius 3 is 2.18 bits per heavy atom. The van der Waals surface area contributed by atoms with Gasteiger partial charge < -0.3 is 20.1 Å². The highest BCUT2D eigenvalue weighted by Gasteiger charge is 2.49. The summed E-state index contributed by atoms with van der Waals surface area (Å²) in [4.78, 5) is 38.1. The maximum atomic E-state index is 12.6. The molecule has 1 aliphatic heterocycles. The van der Waals surface area contributed by atoms with Crippen molar-refractivity contribution in [3.05, 3.63) is 59.7 Å². The Hall–Kier alpha value is -3.35. The number of carbonyl (C=O) groups excluding carboxylic acids is 2. The molecule has 7 heteroatoms. The van der Waals surface area contributed by atoms with Crippen molar-refractivity contribution in [1.29, 1.82) is 0 Å². The van der Waals surface area contributed by atoms with Crippen LogP contribution in [0.4, 0.5) is 4.79 Å². The van der Waals surface area contributed by atoms with Gasteiger partial charge in [-0.2, -0.15) is 0 Å². The van der Waals surface area contributed by atoms with E-state index in [0.29, 0.717) is 13.0 Å². The molecule has 0 radical (unpaired) electrons. The lowest BCUT2D eigenvalue weighted by molar-refractivity contribution is -0.166. The van der Waals surface area contributed by atoms with E-state index in [1.54, 1.807) is 4.90 Å². The van der Waals surface area contributed by atoms with Crippen LogP contribution in [0, 0.1) is 11.3 Å². The zero-order chi connectivity index (χ0) is 24.3. The van der Waals surface area contributed by atoms with Crippen molar-refractivity contribution >= 4 is 18.0 Å². The second-order valence-corrected chi connectivity index (χ2v) is 9.37. The molecule has 2 aromatic carbocycles. The van der Waals surface area contributed by atoms with Gasteiger partial charge in [-0.25, -0.2) is 4.79 Å². The molecule has 1 heterocycles. The van der Waals surface area contributed by atoms with E-state index < -0.39 is 17.5 Å². The first-order chi connectivity index (χ1) is 16.4. The van der Waals surface area contributed by atoms with Crippen LogP contribution in [0.5, 0.6) is 0 Å². The molecule has 4 rings (SSSR count). The Kier molecular flexibility index (Phi) is 6.91.